The van der Waals surface area contributed by atoms with Gasteiger partial charge in [0.15, 0.2) is 12.6 Å². The molecule has 3 fully saturated rings. The van der Waals surface area contributed by atoms with Gasteiger partial charge in [-0.25, -0.2) is 0 Å². The van der Waals surface area contributed by atoms with Crippen LogP contribution in [-0.2, 0) is 33.3 Å². The summed E-state index contributed by atoms with van der Waals surface area (Å²) >= 11 is 0. The number of nitrogens with zero attached hydrogens (tertiary/aromatic N) is 1. The first-order valence-corrected chi connectivity index (χ1v) is 18.7. The summed E-state index contributed by atoms with van der Waals surface area (Å²) in [6, 6.07) is -0.286. The summed E-state index contributed by atoms with van der Waals surface area (Å²) in [5, 5.41) is 46.3. The summed E-state index contributed by atoms with van der Waals surface area (Å²) in [5.74, 6) is -3.97. The number of esters is 1. The van der Waals surface area contributed by atoms with Gasteiger partial charge in [-0.2, -0.15) is 0 Å². The minimum Gasteiger partial charge on any atom is -0.461 e. The Bertz CT molecular complexity index is 1140. The van der Waals surface area contributed by atoms with Gasteiger partial charge in [0, 0.05) is 35.6 Å². The molecule has 3 heterocycles. The number of likely N-dealkylation sites (N-methyl/N-ethyl adjacent to an activating group) is 1. The zero-order valence-electron chi connectivity index (χ0n) is 33.1. The van der Waals surface area contributed by atoms with E-state index in [-0.39, 0.29) is 24.3 Å². The SMILES string of the molecule is CC[C@H]1OC(=O)[C@H](C)[C@@H](O[C@H]2CC(C)(C)[C@@H](O)[C@H](C)O2)[C@H](C)[C@@H](OC2O[C@H](C)C[C@H](N(C)C)[C@H]2O)[C@@](C)(O)C[C@@H](C)C(=O)[C@H](C)[C@@H](O)C1(C)C. The maximum Gasteiger partial charge on any atom is 0.311 e. The molecule has 0 bridgehead atoms. The second kappa shape index (κ2) is 16.4. The lowest BCUT2D eigenvalue weighted by atomic mass is 9.70. The number of hydrogen-bond acceptors (Lipinski definition) is 12. The van der Waals surface area contributed by atoms with Crippen LogP contribution in [0.4, 0.5) is 0 Å². The van der Waals surface area contributed by atoms with Crippen molar-refractivity contribution in [1.29, 1.82) is 0 Å². The van der Waals surface area contributed by atoms with Gasteiger partial charge in [0.05, 0.1) is 48.1 Å². The third-order valence-corrected chi connectivity index (χ3v) is 12.0. The van der Waals surface area contributed by atoms with Crippen molar-refractivity contribution in [3.63, 3.8) is 0 Å². The molecule has 3 saturated heterocycles. The van der Waals surface area contributed by atoms with E-state index in [0.717, 1.165) is 0 Å². The Morgan fingerprint density at radius 2 is 1.46 bits per heavy atom. The van der Waals surface area contributed by atoms with E-state index in [1.807, 2.05) is 53.6 Å². The van der Waals surface area contributed by atoms with Crippen molar-refractivity contribution < 1.29 is 53.7 Å². The zero-order chi connectivity index (χ0) is 38.3. The second-order valence-electron chi connectivity index (χ2n) is 17.5. The van der Waals surface area contributed by atoms with Crippen LogP contribution < -0.4 is 0 Å². The molecule has 0 aromatic heterocycles. The van der Waals surface area contributed by atoms with Gasteiger partial charge in [-0.1, -0.05) is 55.4 Å². The Kier molecular flexibility index (Phi) is 14.2. The lowest BCUT2D eigenvalue weighted by Crippen LogP contribution is -2.60. The highest BCUT2D eigenvalue weighted by Gasteiger charge is 2.52. The van der Waals surface area contributed by atoms with Crippen LogP contribution in [0.15, 0.2) is 0 Å². The van der Waals surface area contributed by atoms with Crippen LogP contribution in [-0.4, -0.2) is 124 Å². The average Bonchev–Trinajstić information content (AvgIpc) is 3.01. The molecule has 0 amide bonds. The summed E-state index contributed by atoms with van der Waals surface area (Å²) in [4.78, 5) is 30.0. The van der Waals surface area contributed by atoms with Gasteiger partial charge in [-0.05, 0) is 66.5 Å². The molecular formula is C38H69NO11. The van der Waals surface area contributed by atoms with Crippen LogP contribution in [0.1, 0.15) is 109 Å². The van der Waals surface area contributed by atoms with E-state index in [2.05, 4.69) is 0 Å². The number of hydrogen-bond donors (Lipinski definition) is 4. The molecule has 12 nitrogen and oxygen atoms in total. The van der Waals surface area contributed by atoms with E-state index in [1.165, 1.54) is 0 Å². The fourth-order valence-corrected chi connectivity index (χ4v) is 8.73. The van der Waals surface area contributed by atoms with Gasteiger partial charge < -0.3 is 49.0 Å². The molecule has 0 spiro atoms. The molecule has 50 heavy (non-hydrogen) atoms. The summed E-state index contributed by atoms with van der Waals surface area (Å²) in [6.45, 7) is 21.5. The van der Waals surface area contributed by atoms with Crippen molar-refractivity contribution in [3.05, 3.63) is 0 Å². The number of cyclic esters (lactones) is 1. The van der Waals surface area contributed by atoms with Crippen LogP contribution in [0.5, 0.6) is 0 Å². The maximum absolute atomic E-state index is 14.2. The number of rotatable bonds is 6. The molecule has 3 rings (SSSR count). The lowest BCUT2D eigenvalue weighted by Gasteiger charge is -2.49. The fourth-order valence-electron chi connectivity index (χ4n) is 8.73. The molecule has 3 aliphatic rings. The van der Waals surface area contributed by atoms with E-state index in [9.17, 15) is 30.0 Å². The number of ketones is 1. The van der Waals surface area contributed by atoms with Crippen molar-refractivity contribution >= 4 is 11.8 Å². The summed E-state index contributed by atoms with van der Waals surface area (Å²) in [5.41, 5.74) is -3.24. The van der Waals surface area contributed by atoms with E-state index in [4.69, 9.17) is 23.7 Å². The molecule has 12 heteroatoms. The highest BCUT2D eigenvalue weighted by molar-refractivity contribution is 5.83. The number of ether oxygens (including phenoxy) is 5. The monoisotopic (exact) mass is 715 g/mol. The van der Waals surface area contributed by atoms with Gasteiger partial charge in [0.1, 0.15) is 18.0 Å². The van der Waals surface area contributed by atoms with E-state index < -0.39 is 101 Å². The number of carbonyl (C=O) groups excluding carboxylic acids is 2. The van der Waals surface area contributed by atoms with Crippen LogP contribution in [0.2, 0.25) is 0 Å². The first-order valence-electron chi connectivity index (χ1n) is 18.7. The highest BCUT2D eigenvalue weighted by atomic mass is 16.7. The highest BCUT2D eigenvalue weighted by Crippen LogP contribution is 2.42. The van der Waals surface area contributed by atoms with Crippen molar-refractivity contribution in [3.8, 4) is 0 Å². The van der Waals surface area contributed by atoms with Crippen LogP contribution in [0.3, 0.4) is 0 Å². The topological polar surface area (TPSA) is 164 Å². The van der Waals surface area contributed by atoms with Crippen molar-refractivity contribution in [1.82, 2.24) is 4.90 Å². The molecule has 292 valence electrons. The van der Waals surface area contributed by atoms with Crippen LogP contribution in [0.25, 0.3) is 0 Å². The van der Waals surface area contributed by atoms with Gasteiger partial charge >= 0.3 is 5.97 Å². The first kappa shape index (κ1) is 43.2. The normalized spacial score (nSPS) is 46.7. The van der Waals surface area contributed by atoms with E-state index >= 15 is 0 Å². The zero-order valence-corrected chi connectivity index (χ0v) is 33.1. The third-order valence-electron chi connectivity index (χ3n) is 12.0. The molecule has 0 radical (unpaired) electrons. The molecule has 4 N–H and O–H groups in total. The van der Waals surface area contributed by atoms with Crippen LogP contribution >= 0.6 is 0 Å². The second-order valence-corrected chi connectivity index (χ2v) is 17.5. The number of aliphatic hydroxyl groups is 4. The van der Waals surface area contributed by atoms with Gasteiger partial charge in [0.25, 0.3) is 0 Å². The molecule has 0 aromatic rings. The summed E-state index contributed by atoms with van der Waals surface area (Å²) in [7, 11) is 3.75. The first-order chi connectivity index (χ1) is 22.9. The third kappa shape index (κ3) is 9.28. The Balaban J connectivity index is 2.17. The predicted molar refractivity (Wildman–Crippen MR) is 188 cm³/mol. The molecular weight excluding hydrogens is 646 g/mol. The number of Topliss-reactive ketones (excluding diaryl/α,β-unsaturated/α-hetero) is 1. The number of aliphatic hydroxyl groups excluding tert-OH is 3. The fraction of sp³-hybridized carbons (Fsp3) is 0.947. The predicted octanol–water partition coefficient (Wildman–Crippen LogP) is 3.68. The molecule has 0 aliphatic carbocycles. The lowest BCUT2D eigenvalue weighted by molar-refractivity contribution is -0.312. The average molecular weight is 716 g/mol. The molecule has 3 aliphatic heterocycles. The smallest absolute Gasteiger partial charge is 0.311 e. The Morgan fingerprint density at radius 1 is 0.860 bits per heavy atom. The largest absolute Gasteiger partial charge is 0.461 e. The maximum atomic E-state index is 14.2. The molecule has 1 unspecified atom stereocenters. The molecule has 0 saturated carbocycles. The van der Waals surface area contributed by atoms with Crippen molar-refractivity contribution in [2.24, 2.45) is 34.5 Å². The minimum absolute atomic E-state index is 0.0350. The van der Waals surface area contributed by atoms with Crippen molar-refractivity contribution in [2.45, 2.75) is 182 Å². The minimum atomic E-state index is -1.70. The Hall–Kier alpha value is -1.22. The van der Waals surface area contributed by atoms with E-state index in [1.54, 1.807) is 48.5 Å². The standard InChI is InChI=1S/C38H69NO11/c1-15-26-37(10,11)31(42)21(4)28(40)19(2)17-38(12,45)33(50-35-29(41)25(39(13)14)16-20(3)46-35)22(5)30(23(6)34(44)48-26)49-27-18-36(8,9)32(43)24(7)47-27/h19-27,29-33,35,41-43,45H,15-18H2,1-14H3/t19-,20-,21+,22+,23-,24+,25+,26-,27+,29-,30+,31-,32+,33-,35?,38+/m1/s1. The Labute approximate surface area is 300 Å². The quantitative estimate of drug-likeness (QED) is 0.296. The summed E-state index contributed by atoms with van der Waals surface area (Å²) in [6.07, 6.45) is -7.23. The van der Waals surface area contributed by atoms with Crippen molar-refractivity contribution in [2.75, 3.05) is 14.1 Å². The van der Waals surface area contributed by atoms with Crippen LogP contribution in [0, 0.1) is 34.5 Å². The van der Waals surface area contributed by atoms with E-state index in [0.29, 0.717) is 19.3 Å². The van der Waals surface area contributed by atoms with Gasteiger partial charge in [-0.15, -0.1) is 0 Å². The number of carbonyl (C=O) groups is 2. The molecule has 0 aromatic carbocycles. The molecule has 16 atom stereocenters. The van der Waals surface area contributed by atoms with Gasteiger partial charge in [-0.3, -0.25) is 9.59 Å². The Morgan fingerprint density at radius 3 is 2.00 bits per heavy atom. The van der Waals surface area contributed by atoms with Gasteiger partial charge in [0.2, 0.25) is 0 Å². The summed E-state index contributed by atoms with van der Waals surface area (Å²) < 4.78 is 31.8.